The molecule has 0 unspecified atom stereocenters. The van der Waals surface area contributed by atoms with Gasteiger partial charge in [0.2, 0.25) is 5.91 Å². The molecule has 0 aliphatic carbocycles. The lowest BCUT2D eigenvalue weighted by molar-refractivity contribution is -0.128. The van der Waals surface area contributed by atoms with Crippen LogP contribution in [-0.4, -0.2) is 50.6 Å². The number of nitrogens with zero attached hydrogens (tertiary/aromatic N) is 1. The zero-order valence-corrected chi connectivity index (χ0v) is 15.1. The lowest BCUT2D eigenvalue weighted by Gasteiger charge is -2.17. The van der Waals surface area contributed by atoms with Crippen molar-refractivity contribution >= 4 is 11.8 Å². The highest BCUT2D eigenvalue weighted by atomic mass is 16.5. The van der Waals surface area contributed by atoms with Crippen molar-refractivity contribution in [2.75, 3.05) is 33.9 Å². The van der Waals surface area contributed by atoms with Crippen molar-refractivity contribution in [2.24, 2.45) is 0 Å². The molecule has 26 heavy (non-hydrogen) atoms. The Hall–Kier alpha value is -2.86. The number of nitrogens with one attached hydrogen (secondary N) is 1. The fraction of sp³-hybridized carbons (Fsp3) is 0.300. The lowest BCUT2D eigenvalue weighted by atomic mass is 10.2. The van der Waals surface area contributed by atoms with Gasteiger partial charge in [0.1, 0.15) is 11.5 Å². The van der Waals surface area contributed by atoms with Crippen LogP contribution in [0, 0.1) is 0 Å². The molecule has 6 heteroatoms. The summed E-state index contributed by atoms with van der Waals surface area (Å²) >= 11 is 0. The molecule has 0 saturated heterocycles. The maximum atomic E-state index is 12.2. The van der Waals surface area contributed by atoms with E-state index in [0.29, 0.717) is 24.5 Å². The van der Waals surface area contributed by atoms with Gasteiger partial charge in [-0.15, -0.1) is 0 Å². The summed E-state index contributed by atoms with van der Waals surface area (Å²) in [6.45, 7) is 1.15. The number of hydrogen-bond acceptors (Lipinski definition) is 4. The van der Waals surface area contributed by atoms with Crippen LogP contribution in [0.5, 0.6) is 11.5 Å². The zero-order chi connectivity index (χ0) is 18.8. The average molecular weight is 356 g/mol. The minimum atomic E-state index is -0.296. The highest BCUT2D eigenvalue weighted by molar-refractivity contribution is 5.96. The van der Waals surface area contributed by atoms with Crippen molar-refractivity contribution in [3.63, 3.8) is 0 Å². The summed E-state index contributed by atoms with van der Waals surface area (Å²) < 4.78 is 10.6. The van der Waals surface area contributed by atoms with Gasteiger partial charge < -0.3 is 19.7 Å². The van der Waals surface area contributed by atoms with Crippen molar-refractivity contribution in [3.8, 4) is 11.5 Å². The number of benzene rings is 2. The number of ether oxygens (including phenoxy) is 2. The van der Waals surface area contributed by atoms with E-state index in [9.17, 15) is 9.59 Å². The van der Waals surface area contributed by atoms with Crippen LogP contribution in [0.3, 0.4) is 0 Å². The highest BCUT2D eigenvalue weighted by Crippen LogP contribution is 2.21. The van der Waals surface area contributed by atoms with Crippen LogP contribution in [0.25, 0.3) is 0 Å². The van der Waals surface area contributed by atoms with Gasteiger partial charge in [0.25, 0.3) is 5.91 Å². The fourth-order valence-corrected chi connectivity index (χ4v) is 2.26. The number of likely N-dealkylation sites (N-methyl/N-ethyl adjacent to an activating group) is 1. The number of para-hydroxylation sites is 1. The topological polar surface area (TPSA) is 67.9 Å². The van der Waals surface area contributed by atoms with E-state index in [2.05, 4.69) is 5.32 Å². The van der Waals surface area contributed by atoms with Gasteiger partial charge in [-0.3, -0.25) is 9.59 Å². The predicted octanol–water partition coefficient (Wildman–Crippen LogP) is 2.70. The minimum Gasteiger partial charge on any atom is -0.457 e. The first kappa shape index (κ1) is 19.5. The van der Waals surface area contributed by atoms with Crippen LogP contribution in [0.4, 0.5) is 0 Å². The van der Waals surface area contributed by atoms with Crippen LogP contribution in [-0.2, 0) is 9.53 Å². The van der Waals surface area contributed by atoms with Crippen LogP contribution >= 0.6 is 0 Å². The van der Waals surface area contributed by atoms with Crippen LogP contribution in [0.1, 0.15) is 16.8 Å². The molecule has 0 aromatic heterocycles. The summed E-state index contributed by atoms with van der Waals surface area (Å²) in [6.07, 6.45) is 0.759. The summed E-state index contributed by atoms with van der Waals surface area (Å²) in [5, 5.41) is 2.64. The monoisotopic (exact) mass is 356 g/mol. The van der Waals surface area contributed by atoms with E-state index in [-0.39, 0.29) is 18.4 Å². The molecule has 2 aromatic rings. The number of rotatable bonds is 9. The van der Waals surface area contributed by atoms with E-state index in [1.807, 2.05) is 30.3 Å². The number of carbonyl (C=O) groups excluding carboxylic acids is 2. The molecule has 0 atom stereocenters. The Morgan fingerprint density at radius 2 is 1.65 bits per heavy atom. The Morgan fingerprint density at radius 1 is 1.00 bits per heavy atom. The normalized spacial score (nSPS) is 10.2. The van der Waals surface area contributed by atoms with E-state index in [0.717, 1.165) is 12.2 Å². The maximum Gasteiger partial charge on any atom is 0.251 e. The second-order valence-corrected chi connectivity index (χ2v) is 5.78. The summed E-state index contributed by atoms with van der Waals surface area (Å²) in [5.74, 6) is 0.932. The Labute approximate surface area is 153 Å². The number of amides is 2. The van der Waals surface area contributed by atoms with Crippen LogP contribution < -0.4 is 10.1 Å². The molecule has 0 saturated carbocycles. The third kappa shape index (κ3) is 6.22. The van der Waals surface area contributed by atoms with Gasteiger partial charge in [0.15, 0.2) is 0 Å². The Bertz CT molecular complexity index is 702. The van der Waals surface area contributed by atoms with Gasteiger partial charge in [-0.25, -0.2) is 0 Å². The van der Waals surface area contributed by atoms with Gasteiger partial charge in [0.05, 0.1) is 6.54 Å². The molecule has 138 valence electrons. The molecule has 0 aliphatic rings. The quantitative estimate of drug-likeness (QED) is 0.702. The zero-order valence-electron chi connectivity index (χ0n) is 15.1. The standard InChI is InChI=1S/C20H24N2O4/c1-22(13-6-14-25-2)19(23)15-21-20(24)16-9-11-18(12-10-16)26-17-7-4-3-5-8-17/h3-5,7-12H,6,13-15H2,1-2H3,(H,21,24). The van der Waals surface area contributed by atoms with Crippen LogP contribution in [0.2, 0.25) is 0 Å². The Morgan fingerprint density at radius 3 is 2.31 bits per heavy atom. The first-order valence-corrected chi connectivity index (χ1v) is 8.44. The first-order chi connectivity index (χ1) is 12.6. The number of carbonyl (C=O) groups is 2. The van der Waals surface area contributed by atoms with E-state index in [4.69, 9.17) is 9.47 Å². The second-order valence-electron chi connectivity index (χ2n) is 5.78. The van der Waals surface area contributed by atoms with E-state index in [1.54, 1.807) is 43.3 Å². The molecule has 6 nitrogen and oxygen atoms in total. The summed E-state index contributed by atoms with van der Waals surface area (Å²) in [6, 6.07) is 16.2. The molecule has 0 bridgehead atoms. The molecule has 0 fully saturated rings. The van der Waals surface area contributed by atoms with Gasteiger partial charge >= 0.3 is 0 Å². The average Bonchev–Trinajstić information content (AvgIpc) is 2.67. The number of hydrogen-bond donors (Lipinski definition) is 1. The highest BCUT2D eigenvalue weighted by Gasteiger charge is 2.11. The Kier molecular flexibility index (Phi) is 7.64. The molecule has 0 radical (unpaired) electrons. The van der Waals surface area contributed by atoms with Crippen molar-refractivity contribution in [3.05, 3.63) is 60.2 Å². The van der Waals surface area contributed by atoms with Gasteiger partial charge in [-0.2, -0.15) is 0 Å². The third-order valence-electron chi connectivity index (χ3n) is 3.76. The van der Waals surface area contributed by atoms with Crippen molar-refractivity contribution in [1.82, 2.24) is 10.2 Å². The summed E-state index contributed by atoms with van der Waals surface area (Å²) in [5.41, 5.74) is 0.472. The van der Waals surface area contributed by atoms with Crippen molar-refractivity contribution in [1.29, 1.82) is 0 Å². The molecule has 1 N–H and O–H groups in total. The lowest BCUT2D eigenvalue weighted by Crippen LogP contribution is -2.38. The van der Waals surface area contributed by atoms with E-state index >= 15 is 0 Å². The van der Waals surface area contributed by atoms with E-state index in [1.165, 1.54) is 0 Å². The molecule has 2 amide bonds. The molecular weight excluding hydrogens is 332 g/mol. The molecule has 0 aliphatic heterocycles. The second kappa shape index (κ2) is 10.2. The minimum absolute atomic E-state index is 0.0371. The SMILES string of the molecule is COCCCN(C)C(=O)CNC(=O)c1ccc(Oc2ccccc2)cc1. The van der Waals surface area contributed by atoms with E-state index < -0.39 is 0 Å². The summed E-state index contributed by atoms with van der Waals surface area (Å²) in [7, 11) is 3.33. The molecule has 2 rings (SSSR count). The smallest absolute Gasteiger partial charge is 0.251 e. The van der Waals surface area contributed by atoms with Gasteiger partial charge in [-0.1, -0.05) is 18.2 Å². The summed E-state index contributed by atoms with van der Waals surface area (Å²) in [4.78, 5) is 25.7. The fourth-order valence-electron chi connectivity index (χ4n) is 2.26. The van der Waals surface area contributed by atoms with Crippen LogP contribution in [0.15, 0.2) is 54.6 Å². The van der Waals surface area contributed by atoms with Gasteiger partial charge in [-0.05, 0) is 42.8 Å². The third-order valence-corrected chi connectivity index (χ3v) is 3.76. The van der Waals surface area contributed by atoms with Gasteiger partial charge in [0, 0.05) is 32.9 Å². The van der Waals surface area contributed by atoms with Crippen molar-refractivity contribution in [2.45, 2.75) is 6.42 Å². The largest absolute Gasteiger partial charge is 0.457 e. The molecule has 0 heterocycles. The Balaban J connectivity index is 1.81. The molecular formula is C20H24N2O4. The first-order valence-electron chi connectivity index (χ1n) is 8.44. The van der Waals surface area contributed by atoms with Crippen molar-refractivity contribution < 1.29 is 19.1 Å². The predicted molar refractivity (Wildman–Crippen MR) is 99.4 cm³/mol. The maximum absolute atomic E-state index is 12.2. The molecule has 2 aromatic carbocycles. The molecule has 0 spiro atoms. The number of methoxy groups -OCH3 is 1.